The van der Waals surface area contributed by atoms with Gasteiger partial charge in [0, 0.05) is 19.2 Å². The fourth-order valence-electron chi connectivity index (χ4n) is 2.79. The highest BCUT2D eigenvalue weighted by molar-refractivity contribution is 7.90. The summed E-state index contributed by atoms with van der Waals surface area (Å²) in [7, 11) is -3.16. The molecule has 140 valence electrons. The van der Waals surface area contributed by atoms with Crippen LogP contribution in [0.3, 0.4) is 0 Å². The molecule has 0 amide bonds. The Hall–Kier alpha value is -1.22. The van der Waals surface area contributed by atoms with Gasteiger partial charge in [0.1, 0.15) is 13.1 Å². The number of rotatable bonds is 7. The largest absolute Gasteiger partial charge is 0.370 e. The maximum Gasteiger partial charge on any atom is 0.175 e. The van der Waals surface area contributed by atoms with Crippen LogP contribution in [0.1, 0.15) is 24.9 Å². The van der Waals surface area contributed by atoms with E-state index in [0.29, 0.717) is 10.0 Å². The molecule has 1 saturated heterocycles. The van der Waals surface area contributed by atoms with E-state index in [2.05, 4.69) is 10.6 Å². The van der Waals surface area contributed by atoms with Crippen LogP contribution in [0.15, 0.2) is 29.2 Å². The summed E-state index contributed by atoms with van der Waals surface area (Å²) in [4.78, 5) is 1.92. The van der Waals surface area contributed by atoms with Crippen LogP contribution in [0.5, 0.6) is 0 Å². The van der Waals surface area contributed by atoms with Crippen molar-refractivity contribution in [1.82, 2.24) is 10.6 Å². The van der Waals surface area contributed by atoms with Gasteiger partial charge in [-0.15, -0.1) is 0 Å². The first-order chi connectivity index (χ1) is 11.9. The number of benzene rings is 1. The monoisotopic (exact) mass is 386 g/mol. The molecule has 1 aliphatic heterocycles. The molecule has 1 fully saturated rings. The van der Waals surface area contributed by atoms with Crippen LogP contribution < -0.4 is 15.5 Å². The van der Waals surface area contributed by atoms with Gasteiger partial charge in [0.2, 0.25) is 0 Å². The average molecular weight is 387 g/mol. The molecule has 0 unspecified atom stereocenters. The predicted molar refractivity (Wildman–Crippen MR) is 103 cm³/mol. The standard InChI is InChI=1S/C17H27N3O3S2/c1-14(15-4-6-16(7-5-15)25(2,21)22)19-17(24)18-8-3-9-20-10-12-23-13-11-20/h4-7,14H,3,8-13H2,1-2H3,(H2,18,19,24)/p+1/t14-/m0/s1. The van der Waals surface area contributed by atoms with Crippen LogP contribution in [-0.4, -0.2) is 59.2 Å². The number of nitrogens with one attached hydrogen (secondary N) is 3. The van der Waals surface area contributed by atoms with Gasteiger partial charge in [-0.1, -0.05) is 12.1 Å². The Morgan fingerprint density at radius 2 is 1.92 bits per heavy atom. The van der Waals surface area contributed by atoms with Crippen LogP contribution in [0.25, 0.3) is 0 Å². The van der Waals surface area contributed by atoms with E-state index in [4.69, 9.17) is 17.0 Å². The minimum atomic E-state index is -3.16. The Kier molecular flexibility index (Phi) is 7.61. The summed E-state index contributed by atoms with van der Waals surface area (Å²) in [6.45, 7) is 7.86. The summed E-state index contributed by atoms with van der Waals surface area (Å²) in [6, 6.07) is 6.91. The molecule has 8 heteroatoms. The number of thiocarbonyl (C=S) groups is 1. The zero-order chi connectivity index (χ0) is 18.3. The lowest BCUT2D eigenvalue weighted by Gasteiger charge is -2.24. The van der Waals surface area contributed by atoms with Crippen LogP contribution in [0, 0.1) is 0 Å². The third-order valence-corrected chi connectivity index (χ3v) is 5.74. The smallest absolute Gasteiger partial charge is 0.175 e. The highest BCUT2D eigenvalue weighted by Gasteiger charge is 2.13. The van der Waals surface area contributed by atoms with Crippen LogP contribution in [0.4, 0.5) is 0 Å². The molecule has 1 aliphatic rings. The van der Waals surface area contributed by atoms with E-state index in [1.807, 2.05) is 19.1 Å². The van der Waals surface area contributed by atoms with Gasteiger partial charge in [-0.25, -0.2) is 8.42 Å². The molecule has 2 rings (SSSR count). The first kappa shape index (κ1) is 20.1. The minimum absolute atomic E-state index is 0.0125. The third kappa shape index (κ3) is 6.89. The normalized spacial score (nSPS) is 17.0. The minimum Gasteiger partial charge on any atom is -0.370 e. The summed E-state index contributed by atoms with van der Waals surface area (Å²) in [5, 5.41) is 7.10. The maximum absolute atomic E-state index is 11.5. The molecule has 1 aromatic carbocycles. The molecule has 1 atom stereocenters. The van der Waals surface area contributed by atoms with Gasteiger partial charge in [0.05, 0.1) is 30.7 Å². The molecular formula is C17H28N3O3S2+. The Morgan fingerprint density at radius 3 is 2.52 bits per heavy atom. The van der Waals surface area contributed by atoms with Crippen LogP contribution >= 0.6 is 12.2 Å². The van der Waals surface area contributed by atoms with Gasteiger partial charge in [-0.05, 0) is 36.8 Å². The summed E-state index contributed by atoms with van der Waals surface area (Å²) in [5.41, 5.74) is 0.995. The molecule has 0 aromatic heterocycles. The van der Waals surface area contributed by atoms with Crippen molar-refractivity contribution in [1.29, 1.82) is 0 Å². The van der Waals surface area contributed by atoms with Crippen molar-refractivity contribution in [3.8, 4) is 0 Å². The number of morpholine rings is 1. The molecule has 1 aromatic rings. The Morgan fingerprint density at radius 1 is 1.28 bits per heavy atom. The van der Waals surface area contributed by atoms with Crippen molar-refractivity contribution in [3.63, 3.8) is 0 Å². The molecule has 0 radical (unpaired) electrons. The van der Waals surface area contributed by atoms with E-state index in [0.717, 1.165) is 51.4 Å². The number of ether oxygens (including phenoxy) is 1. The van der Waals surface area contributed by atoms with E-state index in [1.54, 1.807) is 17.0 Å². The van der Waals surface area contributed by atoms with Crippen molar-refractivity contribution in [3.05, 3.63) is 29.8 Å². The van der Waals surface area contributed by atoms with Crippen LogP contribution in [-0.2, 0) is 14.6 Å². The highest BCUT2D eigenvalue weighted by Crippen LogP contribution is 2.16. The summed E-state index contributed by atoms with van der Waals surface area (Å²) in [5.74, 6) is 0. The molecule has 0 saturated carbocycles. The van der Waals surface area contributed by atoms with Gasteiger partial charge in [0.15, 0.2) is 14.9 Å². The number of sulfone groups is 1. The molecule has 3 N–H and O–H groups in total. The first-order valence-corrected chi connectivity index (χ1v) is 10.9. The molecule has 6 nitrogen and oxygen atoms in total. The van der Waals surface area contributed by atoms with Crippen molar-refractivity contribution >= 4 is 27.2 Å². The summed E-state index contributed by atoms with van der Waals surface area (Å²) < 4.78 is 28.4. The van der Waals surface area contributed by atoms with Crippen LogP contribution in [0.2, 0.25) is 0 Å². The zero-order valence-corrected chi connectivity index (χ0v) is 16.5. The molecule has 25 heavy (non-hydrogen) atoms. The van der Waals surface area contributed by atoms with E-state index < -0.39 is 9.84 Å². The molecule has 1 heterocycles. The van der Waals surface area contributed by atoms with Gasteiger partial charge < -0.3 is 20.3 Å². The number of hydrogen-bond acceptors (Lipinski definition) is 4. The third-order valence-electron chi connectivity index (χ3n) is 4.35. The second-order valence-electron chi connectivity index (χ2n) is 6.43. The number of quaternary nitrogens is 1. The SMILES string of the molecule is C[C@H](NC(=S)NCCC[NH+]1CCOCC1)c1ccc(S(C)(=O)=O)cc1. The first-order valence-electron chi connectivity index (χ1n) is 8.62. The van der Waals surface area contributed by atoms with E-state index in [1.165, 1.54) is 6.26 Å². The summed E-state index contributed by atoms with van der Waals surface area (Å²) in [6.07, 6.45) is 2.27. The lowest BCUT2D eigenvalue weighted by atomic mass is 10.1. The zero-order valence-electron chi connectivity index (χ0n) is 14.9. The van der Waals surface area contributed by atoms with E-state index in [9.17, 15) is 8.42 Å². The Labute approximate surface area is 155 Å². The molecule has 0 spiro atoms. The maximum atomic E-state index is 11.5. The fraction of sp³-hybridized carbons (Fsp3) is 0.588. The molecule has 0 aliphatic carbocycles. The fourth-order valence-corrected chi connectivity index (χ4v) is 3.69. The summed E-state index contributed by atoms with van der Waals surface area (Å²) >= 11 is 5.34. The van der Waals surface area contributed by atoms with Gasteiger partial charge in [-0.3, -0.25) is 0 Å². The van der Waals surface area contributed by atoms with Crippen molar-refractivity contribution < 1.29 is 18.1 Å². The van der Waals surface area contributed by atoms with Gasteiger partial charge in [-0.2, -0.15) is 0 Å². The second kappa shape index (κ2) is 9.47. The van der Waals surface area contributed by atoms with Gasteiger partial charge in [0.25, 0.3) is 0 Å². The predicted octanol–water partition coefficient (Wildman–Crippen LogP) is -0.0796. The molecular weight excluding hydrogens is 358 g/mol. The molecule has 0 bridgehead atoms. The average Bonchev–Trinajstić information content (AvgIpc) is 2.59. The van der Waals surface area contributed by atoms with E-state index >= 15 is 0 Å². The quantitative estimate of drug-likeness (QED) is 0.450. The van der Waals surface area contributed by atoms with Gasteiger partial charge >= 0.3 is 0 Å². The lowest BCUT2D eigenvalue weighted by molar-refractivity contribution is -0.908. The Balaban J connectivity index is 1.70. The van der Waals surface area contributed by atoms with E-state index in [-0.39, 0.29) is 6.04 Å². The van der Waals surface area contributed by atoms with Crippen molar-refractivity contribution in [2.75, 3.05) is 45.6 Å². The topological polar surface area (TPSA) is 71.9 Å². The number of hydrogen-bond donors (Lipinski definition) is 3. The lowest BCUT2D eigenvalue weighted by Crippen LogP contribution is -3.14. The van der Waals surface area contributed by atoms with Crippen molar-refractivity contribution in [2.45, 2.75) is 24.3 Å². The Bertz CT molecular complexity index is 656. The van der Waals surface area contributed by atoms with Crippen molar-refractivity contribution in [2.24, 2.45) is 0 Å². The second-order valence-corrected chi connectivity index (χ2v) is 8.85. The highest BCUT2D eigenvalue weighted by atomic mass is 32.2.